The molecule has 7 nitrogen and oxygen atoms in total. The number of anilines is 1. The number of nitrogens with two attached hydrogens (primary N) is 1. The van der Waals surface area contributed by atoms with Crippen LogP contribution in [0.15, 0.2) is 18.2 Å². The van der Waals surface area contributed by atoms with Gasteiger partial charge in [-0.3, -0.25) is 14.9 Å². The van der Waals surface area contributed by atoms with Crippen LogP contribution in [-0.4, -0.2) is 29.6 Å². The fraction of sp³-hybridized carbons (Fsp3) is 0.533. The van der Waals surface area contributed by atoms with Crippen molar-refractivity contribution < 1.29 is 14.5 Å². The van der Waals surface area contributed by atoms with Gasteiger partial charge in [0.2, 0.25) is 0 Å². The molecule has 1 saturated heterocycles. The molecule has 3 atom stereocenters. The zero-order chi connectivity index (χ0) is 16.1. The molecular weight excluding hydrogens is 286 g/mol. The average Bonchev–Trinajstić information content (AvgIpc) is 2.91. The second kappa shape index (κ2) is 4.95. The quantitative estimate of drug-likeness (QED) is 0.502. The molecule has 2 fully saturated rings. The molecular formula is C15H19N3O4. The van der Waals surface area contributed by atoms with E-state index in [1.807, 2.05) is 0 Å². The fourth-order valence-electron chi connectivity index (χ4n) is 3.68. The van der Waals surface area contributed by atoms with Crippen molar-refractivity contribution >= 4 is 17.3 Å². The van der Waals surface area contributed by atoms with E-state index in [9.17, 15) is 14.9 Å². The SMILES string of the molecule is CC1(C)C(NC(=O)c2ccc(N)c([N+](=O)[O-])c2)C2CCOC21. The van der Waals surface area contributed by atoms with Gasteiger partial charge in [0, 0.05) is 35.6 Å². The van der Waals surface area contributed by atoms with Crippen LogP contribution in [-0.2, 0) is 4.74 Å². The van der Waals surface area contributed by atoms with E-state index >= 15 is 0 Å². The van der Waals surface area contributed by atoms with Gasteiger partial charge >= 0.3 is 0 Å². The van der Waals surface area contributed by atoms with E-state index in [-0.39, 0.29) is 40.4 Å². The van der Waals surface area contributed by atoms with Crippen molar-refractivity contribution in [2.45, 2.75) is 32.4 Å². The molecule has 7 heteroatoms. The number of rotatable bonds is 3. The number of ether oxygens (including phenoxy) is 1. The molecule has 1 amide bonds. The second-order valence-corrected chi connectivity index (χ2v) is 6.55. The molecule has 1 aliphatic heterocycles. The maximum atomic E-state index is 12.4. The number of fused-ring (bicyclic) bond motifs is 1. The number of hydrogen-bond acceptors (Lipinski definition) is 5. The first-order chi connectivity index (χ1) is 10.3. The highest BCUT2D eigenvalue weighted by molar-refractivity contribution is 5.96. The Balaban J connectivity index is 1.78. The molecule has 3 rings (SSSR count). The van der Waals surface area contributed by atoms with Gasteiger partial charge in [-0.15, -0.1) is 0 Å². The van der Waals surface area contributed by atoms with E-state index in [0.29, 0.717) is 5.92 Å². The largest absolute Gasteiger partial charge is 0.393 e. The van der Waals surface area contributed by atoms with Crippen LogP contribution in [0.5, 0.6) is 0 Å². The molecule has 3 N–H and O–H groups in total. The average molecular weight is 305 g/mol. The number of benzene rings is 1. The molecule has 118 valence electrons. The van der Waals surface area contributed by atoms with Crippen molar-refractivity contribution in [3.63, 3.8) is 0 Å². The van der Waals surface area contributed by atoms with Crippen LogP contribution in [0, 0.1) is 21.4 Å². The monoisotopic (exact) mass is 305 g/mol. The number of nitro groups is 1. The first-order valence-electron chi connectivity index (χ1n) is 7.28. The second-order valence-electron chi connectivity index (χ2n) is 6.55. The van der Waals surface area contributed by atoms with Crippen LogP contribution in [0.2, 0.25) is 0 Å². The van der Waals surface area contributed by atoms with Gasteiger partial charge in [-0.1, -0.05) is 13.8 Å². The van der Waals surface area contributed by atoms with Crippen LogP contribution < -0.4 is 11.1 Å². The summed E-state index contributed by atoms with van der Waals surface area (Å²) in [4.78, 5) is 22.7. The summed E-state index contributed by atoms with van der Waals surface area (Å²) in [5.74, 6) is 0.00856. The lowest BCUT2D eigenvalue weighted by Crippen LogP contribution is -2.66. The van der Waals surface area contributed by atoms with Gasteiger partial charge in [0.1, 0.15) is 5.69 Å². The maximum Gasteiger partial charge on any atom is 0.292 e. The van der Waals surface area contributed by atoms with Gasteiger partial charge in [-0.05, 0) is 18.6 Å². The van der Waals surface area contributed by atoms with E-state index in [4.69, 9.17) is 10.5 Å². The lowest BCUT2D eigenvalue weighted by molar-refractivity contribution is -0.383. The van der Waals surface area contributed by atoms with E-state index in [0.717, 1.165) is 13.0 Å². The maximum absolute atomic E-state index is 12.4. The number of hydrogen-bond donors (Lipinski definition) is 2. The van der Waals surface area contributed by atoms with Gasteiger partial charge in [0.15, 0.2) is 0 Å². The normalized spacial score (nSPS) is 28.5. The highest BCUT2D eigenvalue weighted by Gasteiger charge is 2.59. The number of nitrogen functional groups attached to an aromatic ring is 1. The van der Waals surface area contributed by atoms with E-state index in [1.165, 1.54) is 18.2 Å². The lowest BCUT2D eigenvalue weighted by atomic mass is 9.57. The number of carbonyl (C=O) groups is 1. The molecule has 0 spiro atoms. The summed E-state index contributed by atoms with van der Waals surface area (Å²) in [6.07, 6.45) is 1.11. The van der Waals surface area contributed by atoms with Crippen LogP contribution in [0.4, 0.5) is 11.4 Å². The molecule has 1 heterocycles. The molecule has 1 aliphatic carbocycles. The zero-order valence-corrected chi connectivity index (χ0v) is 12.5. The van der Waals surface area contributed by atoms with Gasteiger partial charge in [0.05, 0.1) is 11.0 Å². The summed E-state index contributed by atoms with van der Waals surface area (Å²) >= 11 is 0. The third-order valence-electron chi connectivity index (χ3n) is 4.88. The minimum absolute atomic E-state index is 0.0177. The Kier molecular flexibility index (Phi) is 3.32. The van der Waals surface area contributed by atoms with Gasteiger partial charge in [0.25, 0.3) is 11.6 Å². The van der Waals surface area contributed by atoms with Gasteiger partial charge in [-0.25, -0.2) is 0 Å². The predicted molar refractivity (Wildman–Crippen MR) is 80.4 cm³/mol. The molecule has 0 bridgehead atoms. The molecule has 1 saturated carbocycles. The topological polar surface area (TPSA) is 107 Å². The zero-order valence-electron chi connectivity index (χ0n) is 12.5. The molecule has 0 aromatic heterocycles. The first-order valence-corrected chi connectivity index (χ1v) is 7.28. The van der Waals surface area contributed by atoms with E-state index < -0.39 is 4.92 Å². The van der Waals surface area contributed by atoms with Crippen LogP contribution in [0.3, 0.4) is 0 Å². The summed E-state index contributed by atoms with van der Waals surface area (Å²) < 4.78 is 5.69. The fourth-order valence-corrected chi connectivity index (χ4v) is 3.68. The third-order valence-corrected chi connectivity index (χ3v) is 4.88. The summed E-state index contributed by atoms with van der Waals surface area (Å²) in [5, 5.41) is 13.9. The molecule has 22 heavy (non-hydrogen) atoms. The third kappa shape index (κ3) is 2.12. The minimum atomic E-state index is -0.583. The minimum Gasteiger partial charge on any atom is -0.393 e. The summed E-state index contributed by atoms with van der Waals surface area (Å²) in [6, 6.07) is 4.13. The Morgan fingerprint density at radius 3 is 2.91 bits per heavy atom. The van der Waals surface area contributed by atoms with Crippen molar-refractivity contribution in [3.05, 3.63) is 33.9 Å². The Labute approximate surface area is 128 Å². The Morgan fingerprint density at radius 2 is 2.23 bits per heavy atom. The Hall–Kier alpha value is -2.15. The molecule has 1 aromatic rings. The summed E-state index contributed by atoms with van der Waals surface area (Å²) in [6.45, 7) is 4.85. The summed E-state index contributed by atoms with van der Waals surface area (Å²) in [5.41, 5.74) is 5.48. The smallest absolute Gasteiger partial charge is 0.292 e. The van der Waals surface area contributed by atoms with Crippen molar-refractivity contribution in [2.75, 3.05) is 12.3 Å². The predicted octanol–water partition coefficient (Wildman–Crippen LogP) is 1.72. The number of nitro benzene ring substituents is 1. The molecule has 1 aromatic carbocycles. The van der Waals surface area contributed by atoms with E-state index in [1.54, 1.807) is 0 Å². The highest BCUT2D eigenvalue weighted by Crippen LogP contribution is 2.52. The van der Waals surface area contributed by atoms with Crippen molar-refractivity contribution in [3.8, 4) is 0 Å². The van der Waals surface area contributed by atoms with Gasteiger partial charge < -0.3 is 15.8 Å². The molecule has 0 radical (unpaired) electrons. The standard InChI is InChI=1S/C15H19N3O4/c1-15(2)12(9-5-6-22-13(9)15)17-14(19)8-3-4-10(16)11(7-8)18(20)21/h3-4,7,9,12-13H,5-6,16H2,1-2H3,(H,17,19). The first kappa shape index (κ1) is 14.8. The number of carbonyl (C=O) groups excluding carboxylic acids is 1. The Bertz CT molecular complexity index is 644. The van der Waals surface area contributed by atoms with Crippen LogP contribution in [0.1, 0.15) is 30.6 Å². The molecule has 2 aliphatic rings. The van der Waals surface area contributed by atoms with Crippen molar-refractivity contribution in [2.24, 2.45) is 11.3 Å². The number of amides is 1. The number of nitrogens with zero attached hydrogens (tertiary/aromatic N) is 1. The number of nitrogens with one attached hydrogen (secondary N) is 1. The van der Waals surface area contributed by atoms with Crippen LogP contribution in [0.25, 0.3) is 0 Å². The van der Waals surface area contributed by atoms with Crippen molar-refractivity contribution in [1.29, 1.82) is 0 Å². The summed E-state index contributed by atoms with van der Waals surface area (Å²) in [7, 11) is 0. The van der Waals surface area contributed by atoms with Crippen LogP contribution >= 0.6 is 0 Å². The highest BCUT2D eigenvalue weighted by atomic mass is 16.6. The molecule has 3 unspecified atom stereocenters. The van der Waals surface area contributed by atoms with Gasteiger partial charge in [-0.2, -0.15) is 0 Å². The Morgan fingerprint density at radius 1 is 1.50 bits per heavy atom. The van der Waals surface area contributed by atoms with E-state index in [2.05, 4.69) is 19.2 Å². The van der Waals surface area contributed by atoms with Crippen molar-refractivity contribution in [1.82, 2.24) is 5.32 Å². The lowest BCUT2D eigenvalue weighted by Gasteiger charge is -2.54.